The first-order chi connectivity index (χ1) is 12.8. The molecule has 3 rings (SSSR count). The molecule has 2 heterocycles. The van der Waals surface area contributed by atoms with Gasteiger partial charge in [0.1, 0.15) is 13.2 Å². The summed E-state index contributed by atoms with van der Waals surface area (Å²) in [5.41, 5.74) is 1.14. The molecule has 1 saturated heterocycles. The lowest BCUT2D eigenvalue weighted by Crippen LogP contribution is -2.57. The Labute approximate surface area is 161 Å². The van der Waals surface area contributed by atoms with Gasteiger partial charge in [-0.1, -0.05) is 6.07 Å². The molecule has 1 fully saturated rings. The smallest absolute Gasteiger partial charge is 0.194 e. The molecule has 0 unspecified atom stereocenters. The number of hydrogen-bond acceptors (Lipinski definition) is 5. The number of sulfone groups is 1. The molecule has 0 spiro atoms. The van der Waals surface area contributed by atoms with Gasteiger partial charge in [-0.3, -0.25) is 4.99 Å². The topological polar surface area (TPSA) is 80.2 Å². The Morgan fingerprint density at radius 2 is 2.00 bits per heavy atom. The first kappa shape index (κ1) is 19.8. The molecule has 2 aliphatic rings. The Hall–Kier alpha value is -1.96. The van der Waals surface area contributed by atoms with E-state index >= 15 is 0 Å². The van der Waals surface area contributed by atoms with E-state index in [1.807, 2.05) is 30.0 Å². The van der Waals surface area contributed by atoms with Crippen molar-refractivity contribution in [1.29, 1.82) is 0 Å². The van der Waals surface area contributed by atoms with E-state index in [2.05, 4.69) is 5.32 Å². The van der Waals surface area contributed by atoms with Gasteiger partial charge in [-0.25, -0.2) is 8.42 Å². The number of benzene rings is 1. The van der Waals surface area contributed by atoms with E-state index in [-0.39, 0.29) is 5.75 Å². The molecule has 0 aliphatic carbocycles. The average molecular weight is 396 g/mol. The normalized spacial score (nSPS) is 21.0. The second-order valence-electron chi connectivity index (χ2n) is 7.46. The molecule has 27 heavy (non-hydrogen) atoms. The highest BCUT2D eigenvalue weighted by atomic mass is 32.2. The predicted molar refractivity (Wildman–Crippen MR) is 107 cm³/mol. The van der Waals surface area contributed by atoms with E-state index in [9.17, 15) is 8.42 Å². The molecule has 0 atom stereocenters. The molecule has 1 aromatic carbocycles. The van der Waals surface area contributed by atoms with Crippen LogP contribution in [0.4, 0.5) is 0 Å². The summed E-state index contributed by atoms with van der Waals surface area (Å²) in [4.78, 5) is 6.77. The van der Waals surface area contributed by atoms with Crippen LogP contribution < -0.4 is 14.8 Å². The van der Waals surface area contributed by atoms with Crippen LogP contribution in [0.2, 0.25) is 0 Å². The summed E-state index contributed by atoms with van der Waals surface area (Å²) in [5.74, 6) is 2.52. The van der Waals surface area contributed by atoms with Crippen LogP contribution in [0, 0.1) is 0 Å². The summed E-state index contributed by atoms with van der Waals surface area (Å²) in [6, 6.07) is 5.98. The third-order valence-corrected chi connectivity index (χ3v) is 7.48. The Balaban J connectivity index is 1.66. The molecule has 1 aromatic rings. The summed E-state index contributed by atoms with van der Waals surface area (Å²) in [6.07, 6.45) is 0.779. The van der Waals surface area contributed by atoms with Crippen molar-refractivity contribution in [2.24, 2.45) is 4.99 Å². The summed E-state index contributed by atoms with van der Waals surface area (Å²) < 4.78 is 34.9. The van der Waals surface area contributed by atoms with Crippen LogP contribution in [-0.4, -0.2) is 69.2 Å². The van der Waals surface area contributed by atoms with Crippen molar-refractivity contribution in [3.05, 3.63) is 23.8 Å². The summed E-state index contributed by atoms with van der Waals surface area (Å²) in [7, 11) is -3.06. The van der Waals surface area contributed by atoms with E-state index < -0.39 is 14.6 Å². The van der Waals surface area contributed by atoms with Crippen molar-refractivity contribution >= 4 is 15.8 Å². The Morgan fingerprint density at radius 1 is 1.26 bits per heavy atom. The van der Waals surface area contributed by atoms with Crippen molar-refractivity contribution in [3.63, 3.8) is 0 Å². The van der Waals surface area contributed by atoms with Gasteiger partial charge in [-0.05, 0) is 44.9 Å². The van der Waals surface area contributed by atoms with E-state index in [4.69, 9.17) is 14.5 Å². The SMILES string of the molecule is CCNC(=NCCc1ccc2c(c1)OCCO2)N1CCS(=O)(=O)C(C)(C)C1. The first-order valence-electron chi connectivity index (χ1n) is 9.46. The van der Waals surface area contributed by atoms with Crippen LogP contribution in [0.1, 0.15) is 26.3 Å². The van der Waals surface area contributed by atoms with Gasteiger partial charge in [0.15, 0.2) is 27.3 Å². The number of aliphatic imine (C=N–C) groups is 1. The monoisotopic (exact) mass is 395 g/mol. The Morgan fingerprint density at radius 3 is 2.70 bits per heavy atom. The molecule has 0 radical (unpaired) electrons. The number of fused-ring (bicyclic) bond motifs is 1. The molecular formula is C19H29N3O4S. The van der Waals surface area contributed by atoms with Crippen LogP contribution >= 0.6 is 0 Å². The van der Waals surface area contributed by atoms with Crippen molar-refractivity contribution in [3.8, 4) is 11.5 Å². The van der Waals surface area contributed by atoms with Gasteiger partial charge in [0.2, 0.25) is 0 Å². The number of guanidine groups is 1. The standard InChI is InChI=1S/C19H29N3O4S/c1-4-20-18(22-9-12-27(23,24)19(2,3)14-22)21-8-7-15-5-6-16-17(13-15)26-11-10-25-16/h5-6,13H,4,7-12,14H2,1-3H3,(H,20,21). The first-order valence-corrected chi connectivity index (χ1v) is 11.1. The minimum absolute atomic E-state index is 0.159. The third-order valence-electron chi connectivity index (χ3n) is 4.95. The fraction of sp³-hybridized carbons (Fsp3) is 0.632. The quantitative estimate of drug-likeness (QED) is 0.614. The van der Waals surface area contributed by atoms with Gasteiger partial charge in [-0.15, -0.1) is 0 Å². The molecular weight excluding hydrogens is 366 g/mol. The zero-order valence-electron chi connectivity index (χ0n) is 16.3. The van der Waals surface area contributed by atoms with Gasteiger partial charge in [-0.2, -0.15) is 0 Å². The molecule has 1 N–H and O–H groups in total. The van der Waals surface area contributed by atoms with E-state index in [1.165, 1.54) is 0 Å². The van der Waals surface area contributed by atoms with Gasteiger partial charge >= 0.3 is 0 Å². The van der Waals surface area contributed by atoms with Crippen molar-refractivity contribution < 1.29 is 17.9 Å². The molecule has 8 heteroatoms. The lowest BCUT2D eigenvalue weighted by molar-refractivity contribution is 0.171. The lowest BCUT2D eigenvalue weighted by atomic mass is 10.1. The Bertz CT molecular complexity index is 805. The van der Waals surface area contributed by atoms with Crippen LogP contribution in [0.15, 0.2) is 23.2 Å². The molecule has 0 saturated carbocycles. The van der Waals surface area contributed by atoms with Crippen molar-refractivity contribution in [2.75, 3.05) is 45.1 Å². The molecule has 0 bridgehead atoms. The lowest BCUT2D eigenvalue weighted by Gasteiger charge is -2.39. The van der Waals surface area contributed by atoms with Gasteiger partial charge < -0.3 is 19.7 Å². The third kappa shape index (κ3) is 4.48. The summed E-state index contributed by atoms with van der Waals surface area (Å²) >= 11 is 0. The van der Waals surface area contributed by atoms with Gasteiger partial charge in [0.25, 0.3) is 0 Å². The van der Waals surface area contributed by atoms with Gasteiger partial charge in [0.05, 0.1) is 10.5 Å². The maximum absolute atomic E-state index is 12.2. The van der Waals surface area contributed by atoms with Crippen LogP contribution in [-0.2, 0) is 16.3 Å². The number of ether oxygens (including phenoxy) is 2. The van der Waals surface area contributed by atoms with Crippen molar-refractivity contribution in [1.82, 2.24) is 10.2 Å². The molecule has 0 aromatic heterocycles. The highest BCUT2D eigenvalue weighted by Gasteiger charge is 2.40. The Kier molecular flexibility index (Phi) is 5.83. The maximum atomic E-state index is 12.2. The van der Waals surface area contributed by atoms with E-state index in [0.29, 0.717) is 32.8 Å². The second kappa shape index (κ2) is 7.96. The molecule has 150 valence electrons. The van der Waals surface area contributed by atoms with E-state index in [0.717, 1.165) is 36.0 Å². The highest BCUT2D eigenvalue weighted by Crippen LogP contribution is 2.30. The maximum Gasteiger partial charge on any atom is 0.194 e. The van der Waals surface area contributed by atoms with Crippen LogP contribution in [0.3, 0.4) is 0 Å². The highest BCUT2D eigenvalue weighted by molar-refractivity contribution is 7.92. The second-order valence-corrected chi connectivity index (χ2v) is 10.2. The van der Waals surface area contributed by atoms with Gasteiger partial charge in [0, 0.05) is 26.2 Å². The number of hydrogen-bond donors (Lipinski definition) is 1. The van der Waals surface area contributed by atoms with Crippen molar-refractivity contribution in [2.45, 2.75) is 31.9 Å². The predicted octanol–water partition coefficient (Wildman–Crippen LogP) is 1.47. The van der Waals surface area contributed by atoms with E-state index in [1.54, 1.807) is 13.8 Å². The summed E-state index contributed by atoms with van der Waals surface area (Å²) in [6.45, 7) is 9.03. The number of nitrogens with one attached hydrogen (secondary N) is 1. The number of nitrogens with zero attached hydrogens (tertiary/aromatic N) is 2. The largest absolute Gasteiger partial charge is 0.486 e. The molecule has 7 nitrogen and oxygen atoms in total. The zero-order valence-corrected chi connectivity index (χ0v) is 17.1. The fourth-order valence-corrected chi connectivity index (χ4v) is 4.65. The zero-order chi connectivity index (χ0) is 19.5. The number of rotatable bonds is 4. The van der Waals surface area contributed by atoms with Crippen LogP contribution in [0.25, 0.3) is 0 Å². The average Bonchev–Trinajstić information content (AvgIpc) is 2.63. The molecule has 2 aliphatic heterocycles. The molecule has 0 amide bonds. The minimum atomic E-state index is -3.06. The minimum Gasteiger partial charge on any atom is -0.486 e. The fourth-order valence-electron chi connectivity index (χ4n) is 3.28. The van der Waals surface area contributed by atoms with Crippen LogP contribution in [0.5, 0.6) is 11.5 Å². The summed E-state index contributed by atoms with van der Waals surface area (Å²) in [5, 5.41) is 3.29.